The molecule has 0 heterocycles. The second-order valence-corrected chi connectivity index (χ2v) is 4.94. The van der Waals surface area contributed by atoms with Crippen LogP contribution in [0.5, 0.6) is 0 Å². The summed E-state index contributed by atoms with van der Waals surface area (Å²) in [4.78, 5) is 23.4. The first-order chi connectivity index (χ1) is 8.59. The van der Waals surface area contributed by atoms with E-state index in [1.165, 1.54) is 0 Å². The van der Waals surface area contributed by atoms with Gasteiger partial charge in [-0.2, -0.15) is 13.2 Å². The molecule has 8 heteroatoms. The van der Waals surface area contributed by atoms with Crippen LogP contribution in [-0.2, 0) is 4.79 Å². The van der Waals surface area contributed by atoms with E-state index in [1.807, 2.05) is 5.32 Å². The predicted molar refractivity (Wildman–Crippen MR) is 60.6 cm³/mol. The number of halogens is 3. The van der Waals surface area contributed by atoms with Gasteiger partial charge < -0.3 is 15.3 Å². The third-order valence-corrected chi connectivity index (χ3v) is 3.09. The van der Waals surface area contributed by atoms with E-state index in [0.29, 0.717) is 0 Å². The highest BCUT2D eigenvalue weighted by Gasteiger charge is 2.64. The molecule has 0 atom stereocenters. The molecule has 0 aromatic carbocycles. The highest BCUT2D eigenvalue weighted by molar-refractivity contribution is 5.77. The summed E-state index contributed by atoms with van der Waals surface area (Å²) in [5, 5.41) is 10.5. The first-order valence-corrected chi connectivity index (χ1v) is 5.96. The zero-order valence-corrected chi connectivity index (χ0v) is 10.8. The molecule has 19 heavy (non-hydrogen) atoms. The fourth-order valence-corrected chi connectivity index (χ4v) is 1.69. The lowest BCUT2D eigenvalue weighted by Crippen LogP contribution is -2.54. The van der Waals surface area contributed by atoms with Crippen molar-refractivity contribution in [1.82, 2.24) is 10.2 Å². The Kier molecular flexibility index (Phi) is 4.32. The third-order valence-electron chi connectivity index (χ3n) is 3.09. The standard InChI is InChI=1S/C11H17F3N2O3/c1-7(2)16(6-3-8(17)18)9(19)15-10(4-5-10)11(12,13)14/h7H,3-6H2,1-2H3,(H,15,19)(H,17,18). The lowest BCUT2D eigenvalue weighted by Gasteiger charge is -2.30. The minimum absolute atomic E-state index is 0.118. The molecular weight excluding hydrogens is 265 g/mol. The quantitative estimate of drug-likeness (QED) is 0.810. The van der Waals surface area contributed by atoms with Crippen molar-refractivity contribution in [2.24, 2.45) is 0 Å². The van der Waals surface area contributed by atoms with Crippen molar-refractivity contribution in [2.45, 2.75) is 50.9 Å². The zero-order chi connectivity index (χ0) is 14.8. The molecule has 2 N–H and O–H groups in total. The normalized spacial score (nSPS) is 17.2. The van der Waals surface area contributed by atoms with Crippen LogP contribution < -0.4 is 5.32 Å². The van der Waals surface area contributed by atoms with Crippen LogP contribution in [0.1, 0.15) is 33.1 Å². The van der Waals surface area contributed by atoms with Gasteiger partial charge >= 0.3 is 18.2 Å². The van der Waals surface area contributed by atoms with Crippen LogP contribution in [0.2, 0.25) is 0 Å². The molecule has 1 rings (SSSR count). The lowest BCUT2D eigenvalue weighted by atomic mass is 10.2. The maximum atomic E-state index is 12.7. The van der Waals surface area contributed by atoms with Gasteiger partial charge in [-0.3, -0.25) is 4.79 Å². The SMILES string of the molecule is CC(C)N(CCC(=O)O)C(=O)NC1(C(F)(F)F)CC1. The molecule has 0 bridgehead atoms. The van der Waals surface area contributed by atoms with Gasteiger partial charge in [-0.15, -0.1) is 0 Å². The first-order valence-electron chi connectivity index (χ1n) is 5.96. The van der Waals surface area contributed by atoms with Crippen molar-refractivity contribution >= 4 is 12.0 Å². The largest absolute Gasteiger partial charge is 0.481 e. The average molecular weight is 282 g/mol. The van der Waals surface area contributed by atoms with Gasteiger partial charge in [0.2, 0.25) is 0 Å². The first kappa shape index (κ1) is 15.6. The minimum atomic E-state index is -4.47. The van der Waals surface area contributed by atoms with Crippen molar-refractivity contribution in [3.63, 3.8) is 0 Å². The summed E-state index contributed by atoms with van der Waals surface area (Å²) in [5.74, 6) is -1.10. The Morgan fingerprint density at radius 1 is 1.37 bits per heavy atom. The number of rotatable bonds is 5. The minimum Gasteiger partial charge on any atom is -0.481 e. The van der Waals surface area contributed by atoms with E-state index < -0.39 is 23.7 Å². The van der Waals surface area contributed by atoms with Gasteiger partial charge in [-0.25, -0.2) is 4.79 Å². The van der Waals surface area contributed by atoms with Gasteiger partial charge in [0.05, 0.1) is 6.42 Å². The van der Waals surface area contributed by atoms with Crippen LogP contribution in [0.4, 0.5) is 18.0 Å². The molecule has 0 aromatic heterocycles. The maximum absolute atomic E-state index is 12.7. The highest BCUT2D eigenvalue weighted by Crippen LogP contribution is 2.49. The molecule has 0 aliphatic heterocycles. The number of nitrogens with one attached hydrogen (secondary N) is 1. The molecule has 0 spiro atoms. The Hall–Kier alpha value is -1.47. The van der Waals surface area contributed by atoms with Crippen molar-refractivity contribution in [2.75, 3.05) is 6.54 Å². The number of carboxylic acid groups (broad SMARTS) is 1. The number of carboxylic acids is 1. The Balaban J connectivity index is 2.66. The smallest absolute Gasteiger partial charge is 0.411 e. The fourth-order valence-electron chi connectivity index (χ4n) is 1.69. The van der Waals surface area contributed by atoms with Crippen molar-refractivity contribution < 1.29 is 27.9 Å². The molecular formula is C11H17F3N2O3. The summed E-state index contributed by atoms with van der Waals surface area (Å²) >= 11 is 0. The lowest BCUT2D eigenvalue weighted by molar-refractivity contribution is -0.163. The second kappa shape index (κ2) is 5.26. The molecule has 5 nitrogen and oxygen atoms in total. The summed E-state index contributed by atoms with van der Waals surface area (Å²) in [7, 11) is 0. The monoisotopic (exact) mass is 282 g/mol. The van der Waals surface area contributed by atoms with Gasteiger partial charge in [0.1, 0.15) is 5.54 Å². The van der Waals surface area contributed by atoms with Gasteiger partial charge in [0.25, 0.3) is 0 Å². The molecule has 110 valence electrons. The number of urea groups is 1. The summed E-state index contributed by atoms with van der Waals surface area (Å²) < 4.78 is 38.1. The molecule has 0 aromatic rings. The Morgan fingerprint density at radius 2 is 1.89 bits per heavy atom. The Morgan fingerprint density at radius 3 is 2.21 bits per heavy atom. The van der Waals surface area contributed by atoms with E-state index in [1.54, 1.807) is 13.8 Å². The van der Waals surface area contributed by atoms with Crippen molar-refractivity contribution in [3.05, 3.63) is 0 Å². The molecule has 1 aliphatic rings. The number of amides is 2. The predicted octanol–water partition coefficient (Wildman–Crippen LogP) is 1.98. The van der Waals surface area contributed by atoms with Crippen molar-refractivity contribution in [3.8, 4) is 0 Å². The fraction of sp³-hybridized carbons (Fsp3) is 0.818. The number of hydrogen-bond donors (Lipinski definition) is 2. The third kappa shape index (κ3) is 3.74. The van der Waals surface area contributed by atoms with Crippen LogP contribution >= 0.6 is 0 Å². The van der Waals surface area contributed by atoms with Crippen LogP contribution in [0.3, 0.4) is 0 Å². The van der Waals surface area contributed by atoms with E-state index in [9.17, 15) is 22.8 Å². The Bertz CT molecular complexity index is 365. The maximum Gasteiger partial charge on any atom is 0.411 e. The number of hydrogen-bond acceptors (Lipinski definition) is 2. The van der Waals surface area contributed by atoms with Crippen LogP contribution in [0.25, 0.3) is 0 Å². The molecule has 1 aliphatic carbocycles. The summed E-state index contributed by atoms with van der Waals surface area (Å²) in [6.45, 7) is 3.12. The van der Waals surface area contributed by atoms with Gasteiger partial charge in [0.15, 0.2) is 0 Å². The number of carbonyl (C=O) groups is 2. The van der Waals surface area contributed by atoms with Gasteiger partial charge in [0, 0.05) is 12.6 Å². The molecule has 1 fully saturated rings. The van der Waals surface area contributed by atoms with Crippen LogP contribution in [-0.4, -0.2) is 46.3 Å². The van der Waals surface area contributed by atoms with E-state index in [0.717, 1.165) is 4.90 Å². The summed E-state index contributed by atoms with van der Waals surface area (Å²) in [5.41, 5.74) is -2.12. The van der Waals surface area contributed by atoms with E-state index in [4.69, 9.17) is 5.11 Å². The molecule has 0 saturated heterocycles. The zero-order valence-electron chi connectivity index (χ0n) is 10.8. The topological polar surface area (TPSA) is 69.6 Å². The second-order valence-electron chi connectivity index (χ2n) is 4.94. The number of alkyl halides is 3. The Labute approximate surface area is 108 Å². The van der Waals surface area contributed by atoms with Gasteiger partial charge in [-0.05, 0) is 26.7 Å². The van der Waals surface area contributed by atoms with E-state index >= 15 is 0 Å². The highest BCUT2D eigenvalue weighted by atomic mass is 19.4. The van der Waals surface area contributed by atoms with E-state index in [2.05, 4.69) is 0 Å². The number of aliphatic carboxylic acids is 1. The number of carbonyl (C=O) groups excluding carboxylic acids is 1. The van der Waals surface area contributed by atoms with E-state index in [-0.39, 0.29) is 31.8 Å². The molecule has 1 saturated carbocycles. The molecule has 0 unspecified atom stereocenters. The molecule has 0 radical (unpaired) electrons. The number of nitrogens with zero attached hydrogens (tertiary/aromatic N) is 1. The average Bonchev–Trinajstić information content (AvgIpc) is 2.96. The summed E-state index contributed by atoms with van der Waals surface area (Å²) in [6, 6.07) is -1.24. The molecule has 2 amide bonds. The van der Waals surface area contributed by atoms with Crippen molar-refractivity contribution in [1.29, 1.82) is 0 Å². The van der Waals surface area contributed by atoms with Crippen LogP contribution in [0.15, 0.2) is 0 Å². The van der Waals surface area contributed by atoms with Gasteiger partial charge in [-0.1, -0.05) is 0 Å². The van der Waals surface area contributed by atoms with Crippen LogP contribution in [0, 0.1) is 0 Å². The summed E-state index contributed by atoms with van der Waals surface area (Å²) in [6.07, 6.45) is -5.04.